The molecular formula is C21H22N4O. The number of rotatable bonds is 6. The molecule has 0 spiro atoms. The van der Waals surface area contributed by atoms with Crippen LogP contribution in [0.4, 0.5) is 11.5 Å². The molecule has 1 N–H and O–H groups in total. The minimum absolute atomic E-state index is 0.106. The van der Waals surface area contributed by atoms with E-state index >= 15 is 0 Å². The Kier molecular flexibility index (Phi) is 5.59. The van der Waals surface area contributed by atoms with E-state index in [4.69, 9.17) is 0 Å². The molecule has 0 aliphatic rings. The molecule has 26 heavy (non-hydrogen) atoms. The summed E-state index contributed by atoms with van der Waals surface area (Å²) in [5.41, 5.74) is 3.56. The maximum absolute atomic E-state index is 12.8. The van der Waals surface area contributed by atoms with Crippen LogP contribution in [0, 0.1) is 6.92 Å². The summed E-state index contributed by atoms with van der Waals surface area (Å²) in [5, 5.41) is 3.22. The van der Waals surface area contributed by atoms with Gasteiger partial charge < -0.3 is 10.2 Å². The number of aryl methyl sites for hydroxylation is 1. The first-order chi connectivity index (χ1) is 12.7. The fraction of sp³-hybridized carbons (Fsp3) is 0.190. The van der Waals surface area contributed by atoms with Crippen molar-refractivity contribution in [1.29, 1.82) is 0 Å². The monoisotopic (exact) mass is 346 g/mol. The molecule has 0 aliphatic heterocycles. The lowest BCUT2D eigenvalue weighted by molar-refractivity contribution is 0.0746. The average molecular weight is 346 g/mol. The van der Waals surface area contributed by atoms with Gasteiger partial charge in [0, 0.05) is 24.8 Å². The molecule has 0 saturated heterocycles. The number of benzene rings is 2. The normalized spacial score (nSPS) is 10.4. The van der Waals surface area contributed by atoms with Crippen molar-refractivity contribution in [2.45, 2.75) is 20.4 Å². The smallest absolute Gasteiger partial charge is 0.272 e. The molecule has 5 heteroatoms. The number of carbonyl (C=O) groups is 1. The molecule has 0 radical (unpaired) electrons. The van der Waals surface area contributed by atoms with Crippen LogP contribution in [0.1, 0.15) is 28.5 Å². The summed E-state index contributed by atoms with van der Waals surface area (Å²) in [5.74, 6) is 0.496. The Bertz CT molecular complexity index is 880. The zero-order valence-corrected chi connectivity index (χ0v) is 15.0. The summed E-state index contributed by atoms with van der Waals surface area (Å²) in [6, 6.07) is 19.6. The lowest BCUT2D eigenvalue weighted by Gasteiger charge is -2.20. The van der Waals surface area contributed by atoms with Crippen molar-refractivity contribution in [2.75, 3.05) is 11.9 Å². The van der Waals surface area contributed by atoms with Gasteiger partial charge in [-0.1, -0.05) is 42.5 Å². The fourth-order valence-electron chi connectivity index (χ4n) is 2.71. The molecule has 132 valence electrons. The summed E-state index contributed by atoms with van der Waals surface area (Å²) in [6.45, 7) is 5.16. The van der Waals surface area contributed by atoms with Crippen molar-refractivity contribution in [1.82, 2.24) is 14.9 Å². The third-order valence-corrected chi connectivity index (χ3v) is 4.06. The first-order valence-electron chi connectivity index (χ1n) is 8.64. The molecular weight excluding hydrogens is 324 g/mol. The molecule has 5 nitrogen and oxygen atoms in total. The second-order valence-electron chi connectivity index (χ2n) is 6.09. The van der Waals surface area contributed by atoms with Gasteiger partial charge in [-0.15, -0.1) is 0 Å². The van der Waals surface area contributed by atoms with E-state index in [0.717, 1.165) is 16.8 Å². The molecule has 0 atom stereocenters. The third kappa shape index (κ3) is 4.45. The maximum Gasteiger partial charge on any atom is 0.272 e. The molecule has 0 aliphatic carbocycles. The van der Waals surface area contributed by atoms with Gasteiger partial charge in [0.25, 0.3) is 5.91 Å². The lowest BCUT2D eigenvalue weighted by Crippen LogP contribution is -2.31. The number of amides is 1. The van der Waals surface area contributed by atoms with Gasteiger partial charge in [0.05, 0.1) is 0 Å². The van der Waals surface area contributed by atoms with Crippen LogP contribution < -0.4 is 5.32 Å². The molecule has 1 amide bonds. The molecule has 3 rings (SSSR count). The number of hydrogen-bond acceptors (Lipinski definition) is 4. The summed E-state index contributed by atoms with van der Waals surface area (Å²) >= 11 is 0. The molecule has 0 fully saturated rings. The van der Waals surface area contributed by atoms with Gasteiger partial charge in [-0.2, -0.15) is 0 Å². The fourth-order valence-corrected chi connectivity index (χ4v) is 2.71. The molecule has 0 bridgehead atoms. The van der Waals surface area contributed by atoms with Crippen molar-refractivity contribution < 1.29 is 4.79 Å². The predicted molar refractivity (Wildman–Crippen MR) is 103 cm³/mol. The summed E-state index contributed by atoms with van der Waals surface area (Å²) in [4.78, 5) is 23.0. The highest BCUT2D eigenvalue weighted by Crippen LogP contribution is 2.17. The number of nitrogens with one attached hydrogen (secondary N) is 1. The van der Waals surface area contributed by atoms with Gasteiger partial charge in [0.1, 0.15) is 17.8 Å². The SMILES string of the molecule is CCN(Cc1ccccc1)C(=O)c1cc(Nc2cccc(C)c2)ncn1. The van der Waals surface area contributed by atoms with E-state index in [-0.39, 0.29) is 5.91 Å². The highest BCUT2D eigenvalue weighted by atomic mass is 16.2. The first-order valence-corrected chi connectivity index (χ1v) is 8.64. The van der Waals surface area contributed by atoms with Gasteiger partial charge in [0.15, 0.2) is 0 Å². The molecule has 1 aromatic heterocycles. The topological polar surface area (TPSA) is 58.1 Å². The van der Waals surface area contributed by atoms with Crippen molar-refractivity contribution >= 4 is 17.4 Å². The van der Waals surface area contributed by atoms with Crippen LogP contribution in [0.25, 0.3) is 0 Å². The number of nitrogens with zero attached hydrogens (tertiary/aromatic N) is 3. The van der Waals surface area contributed by atoms with Crippen LogP contribution >= 0.6 is 0 Å². The minimum Gasteiger partial charge on any atom is -0.340 e. The molecule has 2 aromatic carbocycles. The Hall–Kier alpha value is -3.21. The standard InChI is InChI=1S/C21H22N4O/c1-3-25(14-17-9-5-4-6-10-17)21(26)19-13-20(23-15-22-19)24-18-11-7-8-16(2)12-18/h4-13,15H,3,14H2,1-2H3,(H,22,23,24). The van der Waals surface area contributed by atoms with Crippen LogP contribution in [0.15, 0.2) is 67.0 Å². The van der Waals surface area contributed by atoms with Crippen LogP contribution in [-0.2, 0) is 6.54 Å². The zero-order chi connectivity index (χ0) is 18.4. The van der Waals surface area contributed by atoms with Crippen molar-refractivity contribution in [3.05, 3.63) is 83.8 Å². The van der Waals surface area contributed by atoms with E-state index in [1.165, 1.54) is 6.33 Å². The van der Waals surface area contributed by atoms with E-state index in [1.54, 1.807) is 11.0 Å². The number of anilines is 2. The molecule has 1 heterocycles. The third-order valence-electron chi connectivity index (χ3n) is 4.06. The predicted octanol–water partition coefficient (Wildman–Crippen LogP) is 4.19. The minimum atomic E-state index is -0.106. The van der Waals surface area contributed by atoms with E-state index in [2.05, 4.69) is 15.3 Å². The number of hydrogen-bond donors (Lipinski definition) is 1. The lowest BCUT2D eigenvalue weighted by atomic mass is 10.2. The van der Waals surface area contributed by atoms with Gasteiger partial charge in [0.2, 0.25) is 0 Å². The van der Waals surface area contributed by atoms with Crippen LogP contribution in [0.3, 0.4) is 0 Å². The van der Waals surface area contributed by atoms with Crippen LogP contribution in [0.2, 0.25) is 0 Å². The molecule has 3 aromatic rings. The quantitative estimate of drug-likeness (QED) is 0.727. The van der Waals surface area contributed by atoms with Gasteiger partial charge >= 0.3 is 0 Å². The highest BCUT2D eigenvalue weighted by Gasteiger charge is 2.16. The Morgan fingerprint density at radius 1 is 1.04 bits per heavy atom. The zero-order valence-electron chi connectivity index (χ0n) is 15.0. The first kappa shape index (κ1) is 17.6. The number of carbonyl (C=O) groups excluding carboxylic acids is 1. The van der Waals surface area contributed by atoms with Crippen molar-refractivity contribution in [3.63, 3.8) is 0 Å². The van der Waals surface area contributed by atoms with E-state index in [9.17, 15) is 4.79 Å². The Morgan fingerprint density at radius 2 is 1.85 bits per heavy atom. The second-order valence-corrected chi connectivity index (χ2v) is 6.09. The Labute approximate surface area is 153 Å². The summed E-state index contributed by atoms with van der Waals surface area (Å²) in [7, 11) is 0. The van der Waals surface area contributed by atoms with Gasteiger partial charge in [-0.05, 0) is 37.1 Å². The molecule has 0 unspecified atom stereocenters. The van der Waals surface area contributed by atoms with Gasteiger partial charge in [-0.3, -0.25) is 4.79 Å². The van der Waals surface area contributed by atoms with Gasteiger partial charge in [-0.25, -0.2) is 9.97 Å². The number of aromatic nitrogens is 2. The average Bonchev–Trinajstić information content (AvgIpc) is 2.66. The van der Waals surface area contributed by atoms with E-state index in [0.29, 0.717) is 24.6 Å². The van der Waals surface area contributed by atoms with Crippen LogP contribution in [-0.4, -0.2) is 27.3 Å². The van der Waals surface area contributed by atoms with Crippen molar-refractivity contribution in [3.8, 4) is 0 Å². The Balaban J connectivity index is 1.76. The highest BCUT2D eigenvalue weighted by molar-refractivity contribution is 5.93. The van der Waals surface area contributed by atoms with Crippen molar-refractivity contribution in [2.24, 2.45) is 0 Å². The van der Waals surface area contributed by atoms with E-state index in [1.807, 2.05) is 68.4 Å². The molecule has 0 saturated carbocycles. The summed E-state index contributed by atoms with van der Waals surface area (Å²) < 4.78 is 0. The summed E-state index contributed by atoms with van der Waals surface area (Å²) in [6.07, 6.45) is 1.42. The van der Waals surface area contributed by atoms with Crippen LogP contribution in [0.5, 0.6) is 0 Å². The maximum atomic E-state index is 12.8. The van der Waals surface area contributed by atoms with E-state index < -0.39 is 0 Å². The Morgan fingerprint density at radius 3 is 2.58 bits per heavy atom. The largest absolute Gasteiger partial charge is 0.340 e. The second kappa shape index (κ2) is 8.25.